The van der Waals surface area contributed by atoms with Gasteiger partial charge in [-0.15, -0.1) is 0 Å². The highest BCUT2D eigenvalue weighted by Crippen LogP contribution is 2.18. The smallest absolute Gasteiger partial charge is 0.261 e. The molecule has 31 heavy (non-hydrogen) atoms. The predicted octanol–water partition coefficient (Wildman–Crippen LogP) is 3.79. The van der Waals surface area contributed by atoms with Gasteiger partial charge in [-0.3, -0.25) is 9.52 Å². The Balaban J connectivity index is 1.49. The third-order valence-electron chi connectivity index (χ3n) is 4.89. The summed E-state index contributed by atoms with van der Waals surface area (Å²) in [7, 11) is -3.73. The van der Waals surface area contributed by atoms with Gasteiger partial charge < -0.3 is 9.88 Å². The lowest BCUT2D eigenvalue weighted by atomic mass is 10.2. The first-order chi connectivity index (χ1) is 15.0. The van der Waals surface area contributed by atoms with Gasteiger partial charge in [-0.05, 0) is 49.4 Å². The minimum atomic E-state index is -3.73. The maximum Gasteiger partial charge on any atom is 0.261 e. The fraction of sp³-hybridized carbons (Fsp3) is 0.130. The lowest BCUT2D eigenvalue weighted by molar-refractivity contribution is 0.0949. The van der Waals surface area contributed by atoms with Crippen LogP contribution in [-0.2, 0) is 23.1 Å². The molecule has 0 unspecified atom stereocenters. The van der Waals surface area contributed by atoms with Gasteiger partial charge >= 0.3 is 0 Å². The number of imidazole rings is 1. The van der Waals surface area contributed by atoms with Crippen molar-refractivity contribution in [1.29, 1.82) is 0 Å². The Labute approximate surface area is 180 Å². The van der Waals surface area contributed by atoms with Gasteiger partial charge in [0.2, 0.25) is 0 Å². The zero-order chi connectivity index (χ0) is 21.8. The topological polar surface area (TPSA) is 93.1 Å². The largest absolute Gasteiger partial charge is 0.345 e. The maximum atomic E-state index is 12.7. The van der Waals surface area contributed by atoms with E-state index in [2.05, 4.69) is 19.6 Å². The van der Waals surface area contributed by atoms with Crippen molar-refractivity contribution in [2.45, 2.75) is 24.9 Å². The van der Waals surface area contributed by atoms with Crippen molar-refractivity contribution in [3.05, 3.63) is 90.3 Å². The van der Waals surface area contributed by atoms with E-state index in [4.69, 9.17) is 0 Å². The Bertz CT molecular complexity index is 1330. The molecule has 0 spiro atoms. The number of aryl methyl sites for hydroxylation is 1. The van der Waals surface area contributed by atoms with Crippen LogP contribution in [0.2, 0.25) is 0 Å². The second-order valence-electron chi connectivity index (χ2n) is 6.94. The van der Waals surface area contributed by atoms with Crippen molar-refractivity contribution in [2.75, 3.05) is 4.72 Å². The molecular formula is C23H22N4O3S. The summed E-state index contributed by atoms with van der Waals surface area (Å²) in [5.74, 6) is 0.452. The van der Waals surface area contributed by atoms with E-state index in [1.807, 2.05) is 31.2 Å². The summed E-state index contributed by atoms with van der Waals surface area (Å²) < 4.78 is 29.6. The number of hydrogen-bond acceptors (Lipinski definition) is 4. The van der Waals surface area contributed by atoms with Crippen LogP contribution in [0.15, 0.2) is 83.8 Å². The molecule has 0 bridgehead atoms. The maximum absolute atomic E-state index is 12.7. The number of amides is 1. The molecule has 1 aromatic heterocycles. The number of nitrogens with one attached hydrogen (secondary N) is 2. The first-order valence-electron chi connectivity index (χ1n) is 9.88. The summed E-state index contributed by atoms with van der Waals surface area (Å²) >= 11 is 0. The molecule has 0 saturated heterocycles. The van der Waals surface area contributed by atoms with Crippen LogP contribution in [0.25, 0.3) is 11.0 Å². The van der Waals surface area contributed by atoms with E-state index in [9.17, 15) is 13.2 Å². The quantitative estimate of drug-likeness (QED) is 0.463. The Morgan fingerprint density at radius 1 is 0.968 bits per heavy atom. The van der Waals surface area contributed by atoms with E-state index in [0.29, 0.717) is 11.3 Å². The summed E-state index contributed by atoms with van der Waals surface area (Å²) in [6.07, 6.45) is 0. The van der Waals surface area contributed by atoms with Crippen LogP contribution in [0.5, 0.6) is 0 Å². The minimum Gasteiger partial charge on any atom is -0.345 e. The average molecular weight is 435 g/mol. The summed E-state index contributed by atoms with van der Waals surface area (Å²) in [5.41, 5.74) is 2.57. The van der Waals surface area contributed by atoms with Gasteiger partial charge in [0, 0.05) is 17.8 Å². The zero-order valence-corrected chi connectivity index (χ0v) is 17.8. The highest BCUT2D eigenvalue weighted by Gasteiger charge is 2.15. The highest BCUT2D eigenvalue weighted by molar-refractivity contribution is 7.92. The van der Waals surface area contributed by atoms with Crippen LogP contribution in [0.4, 0.5) is 5.69 Å². The number of hydrogen-bond donors (Lipinski definition) is 2. The number of carbonyl (C=O) groups is 1. The fourth-order valence-electron chi connectivity index (χ4n) is 3.41. The minimum absolute atomic E-state index is 0.156. The fourth-order valence-corrected chi connectivity index (χ4v) is 4.48. The Hall–Kier alpha value is -3.65. The first-order valence-corrected chi connectivity index (χ1v) is 11.4. The van der Waals surface area contributed by atoms with E-state index >= 15 is 0 Å². The molecule has 0 atom stereocenters. The van der Waals surface area contributed by atoms with Gasteiger partial charge in [-0.25, -0.2) is 13.4 Å². The summed E-state index contributed by atoms with van der Waals surface area (Å²) in [5, 5.41) is 2.87. The number of benzene rings is 3. The second kappa shape index (κ2) is 8.61. The van der Waals surface area contributed by atoms with E-state index in [1.54, 1.807) is 36.4 Å². The molecule has 0 aliphatic carbocycles. The van der Waals surface area contributed by atoms with Crippen molar-refractivity contribution in [3.63, 3.8) is 0 Å². The van der Waals surface area contributed by atoms with Crippen molar-refractivity contribution in [1.82, 2.24) is 14.9 Å². The predicted molar refractivity (Wildman–Crippen MR) is 120 cm³/mol. The molecule has 0 radical (unpaired) electrons. The van der Waals surface area contributed by atoms with E-state index in [0.717, 1.165) is 23.4 Å². The van der Waals surface area contributed by atoms with E-state index < -0.39 is 10.0 Å². The molecule has 3 aromatic carbocycles. The second-order valence-corrected chi connectivity index (χ2v) is 8.63. The van der Waals surface area contributed by atoms with Gasteiger partial charge in [0.05, 0.1) is 22.5 Å². The van der Waals surface area contributed by atoms with Crippen molar-refractivity contribution in [3.8, 4) is 0 Å². The lowest BCUT2D eigenvalue weighted by Gasteiger charge is -2.10. The summed E-state index contributed by atoms with van der Waals surface area (Å²) in [4.78, 5) is 17.5. The molecule has 0 saturated carbocycles. The number of nitrogens with zero attached hydrogens (tertiary/aromatic N) is 2. The number of anilines is 1. The van der Waals surface area contributed by atoms with Crippen molar-refractivity contribution < 1.29 is 13.2 Å². The van der Waals surface area contributed by atoms with E-state index in [1.165, 1.54) is 18.2 Å². The van der Waals surface area contributed by atoms with Crippen LogP contribution in [-0.4, -0.2) is 23.9 Å². The molecule has 0 aliphatic heterocycles. The van der Waals surface area contributed by atoms with Crippen LogP contribution in [0.3, 0.4) is 0 Å². The highest BCUT2D eigenvalue weighted by atomic mass is 32.2. The van der Waals surface area contributed by atoms with Crippen LogP contribution in [0.1, 0.15) is 23.1 Å². The number of para-hydroxylation sites is 2. The number of rotatable bonds is 7. The van der Waals surface area contributed by atoms with Gasteiger partial charge in [0.1, 0.15) is 5.82 Å². The number of aromatic nitrogens is 2. The number of sulfonamides is 1. The van der Waals surface area contributed by atoms with E-state index in [-0.39, 0.29) is 17.3 Å². The molecular weight excluding hydrogens is 412 g/mol. The molecule has 8 heteroatoms. The SMILES string of the molecule is CCn1c(CNC(=O)c2cccc(NS(=O)(=O)c3ccccc3)c2)nc2ccccc21. The Kier molecular flexibility index (Phi) is 5.73. The average Bonchev–Trinajstić information content (AvgIpc) is 3.15. The zero-order valence-electron chi connectivity index (χ0n) is 16.9. The molecule has 1 amide bonds. The number of carbonyl (C=O) groups excluding carboxylic acids is 1. The van der Waals surface area contributed by atoms with Crippen LogP contribution >= 0.6 is 0 Å². The van der Waals surface area contributed by atoms with Crippen molar-refractivity contribution >= 4 is 32.7 Å². The van der Waals surface area contributed by atoms with Gasteiger partial charge in [0.15, 0.2) is 0 Å². The molecule has 7 nitrogen and oxygen atoms in total. The standard InChI is InChI=1S/C23H22N4O3S/c1-2-27-21-14-7-6-13-20(21)25-22(27)16-24-23(28)17-9-8-10-18(15-17)26-31(29,30)19-11-4-3-5-12-19/h3-15,26H,2,16H2,1H3,(H,24,28). The van der Waals surface area contributed by atoms with Crippen LogP contribution in [0, 0.1) is 0 Å². The van der Waals surface area contributed by atoms with Gasteiger partial charge in [-0.1, -0.05) is 36.4 Å². The normalized spacial score (nSPS) is 11.4. The Morgan fingerprint density at radius 3 is 2.48 bits per heavy atom. The molecule has 158 valence electrons. The first kappa shape index (κ1) is 20.6. The molecule has 1 heterocycles. The summed E-state index contributed by atoms with van der Waals surface area (Å²) in [6.45, 7) is 3.03. The molecule has 4 aromatic rings. The molecule has 0 aliphatic rings. The third-order valence-corrected chi connectivity index (χ3v) is 6.28. The van der Waals surface area contributed by atoms with Crippen LogP contribution < -0.4 is 10.0 Å². The number of fused-ring (bicyclic) bond motifs is 1. The van der Waals surface area contributed by atoms with Gasteiger partial charge in [0.25, 0.3) is 15.9 Å². The Morgan fingerprint density at radius 2 is 1.71 bits per heavy atom. The summed E-state index contributed by atoms with van der Waals surface area (Å²) in [6, 6.07) is 22.3. The third kappa shape index (κ3) is 4.44. The monoisotopic (exact) mass is 434 g/mol. The lowest BCUT2D eigenvalue weighted by Crippen LogP contribution is -2.25. The molecule has 2 N–H and O–H groups in total. The van der Waals surface area contributed by atoms with Gasteiger partial charge in [-0.2, -0.15) is 0 Å². The molecule has 4 rings (SSSR count). The molecule has 0 fully saturated rings. The van der Waals surface area contributed by atoms with Crippen molar-refractivity contribution in [2.24, 2.45) is 0 Å².